The monoisotopic (exact) mass is 373 g/mol. The van der Waals surface area contributed by atoms with Gasteiger partial charge in [-0.3, -0.25) is 4.79 Å². The van der Waals surface area contributed by atoms with Crippen LogP contribution >= 0.6 is 0 Å². The van der Waals surface area contributed by atoms with Crippen molar-refractivity contribution in [3.63, 3.8) is 0 Å². The number of benzene rings is 1. The zero-order chi connectivity index (χ0) is 19.1. The highest BCUT2D eigenvalue weighted by molar-refractivity contribution is 5.90. The van der Waals surface area contributed by atoms with E-state index in [0.29, 0.717) is 25.3 Å². The van der Waals surface area contributed by atoms with Crippen LogP contribution in [0.25, 0.3) is 0 Å². The first-order valence-corrected chi connectivity index (χ1v) is 9.89. The molecule has 1 aromatic carbocycles. The lowest BCUT2D eigenvalue weighted by Crippen LogP contribution is -2.47. The highest BCUT2D eigenvalue weighted by atomic mass is 19.1. The normalized spacial score (nSPS) is 20.0. The first kappa shape index (κ1) is 19.4. The smallest absolute Gasteiger partial charge is 0.321 e. The third-order valence-corrected chi connectivity index (χ3v) is 5.31. The number of hydrogen-bond donors (Lipinski definition) is 2. The highest BCUT2D eigenvalue weighted by Gasteiger charge is 2.28. The van der Waals surface area contributed by atoms with Crippen LogP contribution in [-0.4, -0.2) is 36.5 Å². The Kier molecular flexibility index (Phi) is 6.85. The van der Waals surface area contributed by atoms with E-state index in [0.717, 1.165) is 32.1 Å². The number of carbonyl (C=O) groups is 2. The van der Waals surface area contributed by atoms with E-state index in [1.165, 1.54) is 42.7 Å². The Hall–Kier alpha value is -2.37. The molecule has 1 aliphatic carbocycles. The summed E-state index contributed by atoms with van der Waals surface area (Å²) < 4.78 is 13.0. The van der Waals surface area contributed by atoms with Gasteiger partial charge in [0.1, 0.15) is 5.82 Å². The minimum Gasteiger partial charge on any atom is -0.355 e. The van der Waals surface area contributed by atoms with Crippen molar-refractivity contribution < 1.29 is 14.0 Å². The summed E-state index contributed by atoms with van der Waals surface area (Å²) in [4.78, 5) is 26.6. The molecular weight excluding hydrogens is 345 g/mol. The number of halogens is 1. The molecule has 1 saturated heterocycles. The van der Waals surface area contributed by atoms with Gasteiger partial charge >= 0.3 is 6.03 Å². The van der Waals surface area contributed by atoms with Crippen molar-refractivity contribution in [1.29, 1.82) is 0 Å². The van der Waals surface area contributed by atoms with E-state index in [9.17, 15) is 14.0 Å². The van der Waals surface area contributed by atoms with E-state index in [-0.39, 0.29) is 23.7 Å². The molecule has 0 spiro atoms. The lowest BCUT2D eigenvalue weighted by atomic mass is 9.96. The van der Waals surface area contributed by atoms with Gasteiger partial charge in [-0.05, 0) is 69.2 Å². The number of urea groups is 1. The molecular formula is C21H28FN3O2. The number of nitrogens with zero attached hydrogens (tertiary/aromatic N) is 1. The van der Waals surface area contributed by atoms with Gasteiger partial charge in [-0.15, -0.1) is 0 Å². The Morgan fingerprint density at radius 2 is 1.96 bits per heavy atom. The zero-order valence-corrected chi connectivity index (χ0v) is 15.7. The van der Waals surface area contributed by atoms with Crippen molar-refractivity contribution >= 4 is 17.6 Å². The number of anilines is 1. The van der Waals surface area contributed by atoms with Crippen LogP contribution in [0.15, 0.2) is 35.9 Å². The Balaban J connectivity index is 1.44. The molecule has 1 fully saturated rings. The summed E-state index contributed by atoms with van der Waals surface area (Å²) in [5.74, 6) is -0.476. The Bertz CT molecular complexity index is 687. The fraction of sp³-hybridized carbons (Fsp3) is 0.524. The van der Waals surface area contributed by atoms with Crippen molar-refractivity contribution in [2.75, 3.05) is 25.0 Å². The second-order valence-corrected chi connectivity index (χ2v) is 7.37. The van der Waals surface area contributed by atoms with Gasteiger partial charge in [-0.1, -0.05) is 11.6 Å². The third-order valence-electron chi connectivity index (χ3n) is 5.31. The molecule has 3 amide bonds. The average Bonchev–Trinajstić information content (AvgIpc) is 2.70. The van der Waals surface area contributed by atoms with Gasteiger partial charge in [0.25, 0.3) is 0 Å². The topological polar surface area (TPSA) is 61.4 Å². The predicted molar refractivity (Wildman–Crippen MR) is 104 cm³/mol. The van der Waals surface area contributed by atoms with E-state index in [1.807, 2.05) is 0 Å². The van der Waals surface area contributed by atoms with Gasteiger partial charge in [0, 0.05) is 25.3 Å². The molecule has 0 bridgehead atoms. The largest absolute Gasteiger partial charge is 0.355 e. The van der Waals surface area contributed by atoms with Gasteiger partial charge in [0.05, 0.1) is 5.92 Å². The molecule has 2 N–H and O–H groups in total. The van der Waals surface area contributed by atoms with E-state index < -0.39 is 0 Å². The first-order chi connectivity index (χ1) is 13.1. The summed E-state index contributed by atoms with van der Waals surface area (Å²) in [5.41, 5.74) is 2.00. The summed E-state index contributed by atoms with van der Waals surface area (Å²) in [6.07, 6.45) is 9.66. The molecule has 1 unspecified atom stereocenters. The van der Waals surface area contributed by atoms with Crippen LogP contribution in [0.4, 0.5) is 14.9 Å². The third kappa shape index (κ3) is 5.81. The Labute approximate surface area is 160 Å². The Morgan fingerprint density at radius 1 is 1.15 bits per heavy atom. The van der Waals surface area contributed by atoms with Gasteiger partial charge in [0.15, 0.2) is 0 Å². The number of nitrogens with one attached hydrogen (secondary N) is 2. The van der Waals surface area contributed by atoms with Crippen molar-refractivity contribution in [1.82, 2.24) is 10.2 Å². The van der Waals surface area contributed by atoms with E-state index in [2.05, 4.69) is 16.7 Å². The maximum atomic E-state index is 13.0. The molecule has 1 aliphatic heterocycles. The van der Waals surface area contributed by atoms with Gasteiger partial charge in [-0.25, -0.2) is 9.18 Å². The molecule has 146 valence electrons. The molecule has 5 nitrogen and oxygen atoms in total. The van der Waals surface area contributed by atoms with Crippen LogP contribution in [0, 0.1) is 11.7 Å². The molecule has 6 heteroatoms. The number of rotatable bonds is 5. The lowest BCUT2D eigenvalue weighted by Gasteiger charge is -2.32. The summed E-state index contributed by atoms with van der Waals surface area (Å²) in [6, 6.07) is 5.43. The van der Waals surface area contributed by atoms with E-state index in [1.54, 1.807) is 4.90 Å². The van der Waals surface area contributed by atoms with Crippen LogP contribution in [0.5, 0.6) is 0 Å². The van der Waals surface area contributed by atoms with Gasteiger partial charge < -0.3 is 15.5 Å². The Morgan fingerprint density at radius 3 is 2.70 bits per heavy atom. The summed E-state index contributed by atoms with van der Waals surface area (Å²) >= 11 is 0. The second-order valence-electron chi connectivity index (χ2n) is 7.37. The molecule has 27 heavy (non-hydrogen) atoms. The average molecular weight is 373 g/mol. The number of likely N-dealkylation sites (tertiary alicyclic amines) is 1. The zero-order valence-electron chi connectivity index (χ0n) is 15.7. The maximum absolute atomic E-state index is 13.0. The van der Waals surface area contributed by atoms with Crippen molar-refractivity contribution in [2.45, 2.75) is 44.9 Å². The van der Waals surface area contributed by atoms with Crippen LogP contribution in [0.3, 0.4) is 0 Å². The van der Waals surface area contributed by atoms with Gasteiger partial charge in [0.2, 0.25) is 5.91 Å². The van der Waals surface area contributed by atoms with Gasteiger partial charge in [-0.2, -0.15) is 0 Å². The summed E-state index contributed by atoms with van der Waals surface area (Å²) in [5, 5.41) is 5.80. The molecule has 1 aromatic rings. The summed E-state index contributed by atoms with van der Waals surface area (Å²) in [7, 11) is 0. The fourth-order valence-corrected chi connectivity index (χ4v) is 3.73. The van der Waals surface area contributed by atoms with Crippen LogP contribution < -0.4 is 10.6 Å². The van der Waals surface area contributed by atoms with E-state index >= 15 is 0 Å². The van der Waals surface area contributed by atoms with Crippen LogP contribution in [0.2, 0.25) is 0 Å². The molecule has 3 rings (SSSR count). The number of piperidine rings is 1. The number of carbonyl (C=O) groups excluding carboxylic acids is 2. The molecule has 1 heterocycles. The highest BCUT2D eigenvalue weighted by Crippen LogP contribution is 2.20. The first-order valence-electron chi connectivity index (χ1n) is 9.89. The minimum atomic E-state index is -0.341. The van der Waals surface area contributed by atoms with Crippen LogP contribution in [-0.2, 0) is 4.79 Å². The molecule has 2 aliphatic rings. The lowest BCUT2D eigenvalue weighted by molar-refractivity contribution is -0.126. The predicted octanol–water partition coefficient (Wildman–Crippen LogP) is 4.08. The number of allylic oxidation sites excluding steroid dienone is 1. The van der Waals surface area contributed by atoms with Crippen molar-refractivity contribution in [3.8, 4) is 0 Å². The number of hydrogen-bond acceptors (Lipinski definition) is 2. The standard InChI is InChI=1S/C21H28FN3O2/c22-18-8-10-19(11-9-18)24-21(27)25-14-4-7-17(15-25)20(26)23-13-12-16-5-2-1-3-6-16/h5,8-11,17H,1-4,6-7,12-15H2,(H,23,26)(H,24,27). The molecule has 1 atom stereocenters. The minimum absolute atomic E-state index is 0.0330. The summed E-state index contributed by atoms with van der Waals surface area (Å²) in [6.45, 7) is 1.72. The van der Waals surface area contributed by atoms with Crippen molar-refractivity contribution in [2.24, 2.45) is 5.92 Å². The fourth-order valence-electron chi connectivity index (χ4n) is 3.73. The SMILES string of the molecule is O=C(NCCC1=CCCCC1)C1CCCN(C(=O)Nc2ccc(F)cc2)C1. The second kappa shape index (κ2) is 9.53. The quantitative estimate of drug-likeness (QED) is 0.764. The maximum Gasteiger partial charge on any atom is 0.321 e. The van der Waals surface area contributed by atoms with Crippen LogP contribution in [0.1, 0.15) is 44.9 Å². The molecule has 0 radical (unpaired) electrons. The molecule has 0 aromatic heterocycles. The van der Waals surface area contributed by atoms with Crippen molar-refractivity contribution in [3.05, 3.63) is 41.7 Å². The van der Waals surface area contributed by atoms with E-state index in [4.69, 9.17) is 0 Å². The molecule has 0 saturated carbocycles. The number of amides is 3.